The Morgan fingerprint density at radius 3 is 2.55 bits per heavy atom. The highest BCUT2D eigenvalue weighted by atomic mass is 32.2. The number of piperidine rings is 1. The van der Waals surface area contributed by atoms with Gasteiger partial charge in [-0.25, -0.2) is 12.7 Å². The van der Waals surface area contributed by atoms with Crippen LogP contribution in [0.3, 0.4) is 0 Å². The van der Waals surface area contributed by atoms with Crippen LogP contribution in [0, 0.1) is 5.92 Å². The Morgan fingerprint density at radius 2 is 1.95 bits per heavy atom. The molecule has 1 amide bonds. The summed E-state index contributed by atoms with van der Waals surface area (Å²) in [5, 5.41) is 12.4. The number of nitrogens with zero attached hydrogens (tertiary/aromatic N) is 1. The highest BCUT2D eigenvalue weighted by molar-refractivity contribution is 7.89. The Hall–Kier alpha value is -1.60. The van der Waals surface area contributed by atoms with Crippen LogP contribution in [0.1, 0.15) is 26.2 Å². The lowest BCUT2D eigenvalue weighted by atomic mass is 9.97. The summed E-state index contributed by atoms with van der Waals surface area (Å²) in [6.45, 7) is 2.59. The Morgan fingerprint density at radius 1 is 1.32 bits per heavy atom. The third kappa shape index (κ3) is 3.98. The standard InChI is InChI=1S/C15H22N2O4S/c1-2-11-22(20,21)17-9-7-12(8-10-17)15(19)16-13-5-3-4-6-14(13)18/h3-6,12,18H,2,7-11H2,1H3,(H,16,19). The molecule has 122 valence electrons. The Kier molecular flexibility index (Phi) is 5.42. The molecule has 0 aliphatic carbocycles. The molecule has 1 aromatic carbocycles. The second-order valence-electron chi connectivity index (χ2n) is 5.50. The number of phenolic OH excluding ortho intramolecular Hbond substituents is 1. The van der Waals surface area contributed by atoms with E-state index in [9.17, 15) is 18.3 Å². The van der Waals surface area contributed by atoms with Crippen LogP contribution < -0.4 is 5.32 Å². The molecule has 0 saturated carbocycles. The fourth-order valence-corrected chi connectivity index (χ4v) is 4.14. The van der Waals surface area contributed by atoms with Gasteiger partial charge in [-0.3, -0.25) is 4.79 Å². The maximum Gasteiger partial charge on any atom is 0.227 e. The smallest absolute Gasteiger partial charge is 0.227 e. The topological polar surface area (TPSA) is 86.7 Å². The average molecular weight is 326 g/mol. The molecule has 22 heavy (non-hydrogen) atoms. The van der Waals surface area contributed by atoms with Gasteiger partial charge >= 0.3 is 0 Å². The first-order valence-electron chi connectivity index (χ1n) is 7.50. The van der Waals surface area contributed by atoms with E-state index in [-0.39, 0.29) is 23.3 Å². The lowest BCUT2D eigenvalue weighted by Gasteiger charge is -2.30. The minimum atomic E-state index is -3.19. The number of phenols is 1. The molecule has 0 radical (unpaired) electrons. The van der Waals surface area contributed by atoms with Crippen LogP contribution >= 0.6 is 0 Å². The van der Waals surface area contributed by atoms with Gasteiger partial charge in [0.15, 0.2) is 0 Å². The zero-order chi connectivity index (χ0) is 16.2. The van der Waals surface area contributed by atoms with Gasteiger partial charge in [-0.1, -0.05) is 19.1 Å². The summed E-state index contributed by atoms with van der Waals surface area (Å²) in [4.78, 5) is 12.2. The zero-order valence-electron chi connectivity index (χ0n) is 12.7. The van der Waals surface area contributed by atoms with Crippen molar-refractivity contribution in [3.05, 3.63) is 24.3 Å². The van der Waals surface area contributed by atoms with Gasteiger partial charge in [0, 0.05) is 19.0 Å². The van der Waals surface area contributed by atoms with Crippen LogP contribution in [-0.4, -0.2) is 42.6 Å². The molecule has 0 aromatic heterocycles. The molecule has 6 nitrogen and oxygen atoms in total. The predicted molar refractivity (Wildman–Crippen MR) is 85.1 cm³/mol. The molecule has 1 heterocycles. The summed E-state index contributed by atoms with van der Waals surface area (Å²) < 4.78 is 25.5. The molecular weight excluding hydrogens is 304 g/mol. The van der Waals surface area contributed by atoms with Gasteiger partial charge in [-0.05, 0) is 31.4 Å². The fraction of sp³-hybridized carbons (Fsp3) is 0.533. The number of hydrogen-bond donors (Lipinski definition) is 2. The lowest BCUT2D eigenvalue weighted by molar-refractivity contribution is -0.120. The first kappa shape index (κ1) is 16.8. The molecule has 1 aliphatic heterocycles. The summed E-state index contributed by atoms with van der Waals surface area (Å²) in [6.07, 6.45) is 1.60. The number of aromatic hydroxyl groups is 1. The van der Waals surface area contributed by atoms with Gasteiger partial charge in [-0.15, -0.1) is 0 Å². The van der Waals surface area contributed by atoms with E-state index in [1.54, 1.807) is 18.2 Å². The lowest BCUT2D eigenvalue weighted by Crippen LogP contribution is -2.42. The molecule has 0 atom stereocenters. The van der Waals surface area contributed by atoms with Crippen LogP contribution in [0.25, 0.3) is 0 Å². The fourth-order valence-electron chi connectivity index (χ4n) is 2.60. The number of para-hydroxylation sites is 2. The summed E-state index contributed by atoms with van der Waals surface area (Å²) >= 11 is 0. The average Bonchev–Trinajstić information content (AvgIpc) is 2.49. The van der Waals surface area contributed by atoms with E-state index in [0.29, 0.717) is 38.0 Å². The first-order chi connectivity index (χ1) is 10.4. The van der Waals surface area contributed by atoms with Crippen LogP contribution in [0.15, 0.2) is 24.3 Å². The number of hydrogen-bond acceptors (Lipinski definition) is 4. The highest BCUT2D eigenvalue weighted by Crippen LogP contribution is 2.25. The SMILES string of the molecule is CCCS(=O)(=O)N1CCC(C(=O)Nc2ccccc2O)CC1. The minimum absolute atomic E-state index is 0.0267. The first-order valence-corrected chi connectivity index (χ1v) is 9.11. The van der Waals surface area contributed by atoms with E-state index in [1.165, 1.54) is 10.4 Å². The van der Waals surface area contributed by atoms with E-state index in [0.717, 1.165) is 0 Å². The van der Waals surface area contributed by atoms with Gasteiger partial charge < -0.3 is 10.4 Å². The quantitative estimate of drug-likeness (QED) is 0.808. The van der Waals surface area contributed by atoms with Crippen LogP contribution in [0.5, 0.6) is 5.75 Å². The van der Waals surface area contributed by atoms with Crippen molar-refractivity contribution in [1.29, 1.82) is 0 Å². The number of benzene rings is 1. The number of rotatable bonds is 5. The number of carbonyl (C=O) groups excluding carboxylic acids is 1. The van der Waals surface area contributed by atoms with Crippen molar-refractivity contribution in [2.75, 3.05) is 24.2 Å². The number of carbonyl (C=O) groups is 1. The Labute approximate surface area is 131 Å². The zero-order valence-corrected chi connectivity index (χ0v) is 13.5. The van der Waals surface area contributed by atoms with Crippen LogP contribution in [-0.2, 0) is 14.8 Å². The third-order valence-electron chi connectivity index (χ3n) is 3.84. The minimum Gasteiger partial charge on any atom is -0.506 e. The van der Waals surface area contributed by atoms with Crippen molar-refractivity contribution in [3.8, 4) is 5.75 Å². The summed E-state index contributed by atoms with van der Waals surface area (Å²) in [5.74, 6) is -0.220. The summed E-state index contributed by atoms with van der Waals surface area (Å²) in [5.41, 5.74) is 0.383. The van der Waals surface area contributed by atoms with Gasteiger partial charge in [0.1, 0.15) is 5.75 Å². The van der Waals surface area contributed by atoms with Crippen molar-refractivity contribution in [2.24, 2.45) is 5.92 Å². The highest BCUT2D eigenvalue weighted by Gasteiger charge is 2.30. The molecule has 0 spiro atoms. The monoisotopic (exact) mass is 326 g/mol. The molecular formula is C15H22N2O4S. The summed E-state index contributed by atoms with van der Waals surface area (Å²) in [7, 11) is -3.19. The molecule has 1 aliphatic rings. The van der Waals surface area contributed by atoms with Crippen LogP contribution in [0.2, 0.25) is 0 Å². The molecule has 1 saturated heterocycles. The second-order valence-corrected chi connectivity index (χ2v) is 7.58. The molecule has 1 fully saturated rings. The van der Waals surface area contributed by atoms with E-state index in [4.69, 9.17) is 0 Å². The van der Waals surface area contributed by atoms with E-state index in [2.05, 4.69) is 5.32 Å². The number of nitrogens with one attached hydrogen (secondary N) is 1. The Bertz CT molecular complexity index is 622. The number of sulfonamides is 1. The third-order valence-corrected chi connectivity index (χ3v) is 5.92. The van der Waals surface area contributed by atoms with Gasteiger partial charge in [0.25, 0.3) is 0 Å². The van der Waals surface area contributed by atoms with Gasteiger partial charge in [0.2, 0.25) is 15.9 Å². The van der Waals surface area contributed by atoms with Crippen molar-refractivity contribution in [2.45, 2.75) is 26.2 Å². The second kappa shape index (κ2) is 7.11. The maximum absolute atomic E-state index is 12.2. The van der Waals surface area contributed by atoms with Crippen molar-refractivity contribution >= 4 is 21.6 Å². The maximum atomic E-state index is 12.2. The molecule has 0 bridgehead atoms. The van der Waals surface area contributed by atoms with Crippen molar-refractivity contribution in [3.63, 3.8) is 0 Å². The van der Waals surface area contributed by atoms with Crippen LogP contribution in [0.4, 0.5) is 5.69 Å². The van der Waals surface area contributed by atoms with E-state index in [1.807, 2.05) is 6.92 Å². The van der Waals surface area contributed by atoms with Crippen molar-refractivity contribution < 1.29 is 18.3 Å². The van der Waals surface area contributed by atoms with E-state index < -0.39 is 10.0 Å². The largest absolute Gasteiger partial charge is 0.506 e. The molecule has 2 N–H and O–H groups in total. The van der Waals surface area contributed by atoms with Crippen molar-refractivity contribution in [1.82, 2.24) is 4.31 Å². The molecule has 7 heteroatoms. The van der Waals surface area contributed by atoms with Gasteiger partial charge in [-0.2, -0.15) is 0 Å². The molecule has 2 rings (SSSR count). The number of anilines is 1. The van der Waals surface area contributed by atoms with Gasteiger partial charge in [0.05, 0.1) is 11.4 Å². The molecule has 0 unspecified atom stereocenters. The summed E-state index contributed by atoms with van der Waals surface area (Å²) in [6, 6.07) is 6.56. The Balaban J connectivity index is 1.92. The predicted octanol–water partition coefficient (Wildman–Crippen LogP) is 1.78. The van der Waals surface area contributed by atoms with E-state index >= 15 is 0 Å². The molecule has 1 aromatic rings. The normalized spacial score (nSPS) is 17.3. The number of amides is 1.